The van der Waals surface area contributed by atoms with E-state index < -0.39 is 0 Å². The van der Waals surface area contributed by atoms with Gasteiger partial charge in [-0.1, -0.05) is 12.1 Å². The molecule has 2 heterocycles. The van der Waals surface area contributed by atoms with E-state index in [4.69, 9.17) is 9.47 Å². The zero-order chi connectivity index (χ0) is 14.8. The molecule has 0 amide bonds. The summed E-state index contributed by atoms with van der Waals surface area (Å²) in [6.07, 6.45) is 6.12. The first-order chi connectivity index (χ1) is 10.9. The van der Waals surface area contributed by atoms with Crippen molar-refractivity contribution in [2.75, 3.05) is 19.7 Å². The lowest BCUT2D eigenvalue weighted by Crippen LogP contribution is -2.13. The van der Waals surface area contributed by atoms with E-state index in [-0.39, 0.29) is 0 Å². The van der Waals surface area contributed by atoms with Crippen LogP contribution in [0.25, 0.3) is 0 Å². The molecule has 1 aliphatic heterocycles. The molecule has 0 bridgehead atoms. The van der Waals surface area contributed by atoms with Crippen molar-refractivity contribution in [3.05, 3.63) is 42.7 Å². The maximum Gasteiger partial charge on any atom is 0.321 e. The topological polar surface area (TPSA) is 47.2 Å². The van der Waals surface area contributed by atoms with Gasteiger partial charge in [0.15, 0.2) is 11.5 Å². The minimum absolute atomic E-state index is 0.334. The van der Waals surface area contributed by atoms with Crippen molar-refractivity contribution in [2.24, 2.45) is 5.92 Å². The van der Waals surface area contributed by atoms with Gasteiger partial charge in [-0.3, -0.25) is 4.90 Å². The summed E-state index contributed by atoms with van der Waals surface area (Å²) in [4.78, 5) is 10.6. The van der Waals surface area contributed by atoms with Gasteiger partial charge >= 0.3 is 6.01 Å². The minimum atomic E-state index is 0.334. The fourth-order valence-electron chi connectivity index (χ4n) is 2.51. The van der Waals surface area contributed by atoms with Crippen LogP contribution in [0.2, 0.25) is 0 Å². The molecule has 1 aromatic carbocycles. The van der Waals surface area contributed by atoms with E-state index in [0.29, 0.717) is 24.4 Å². The highest BCUT2D eigenvalue weighted by Gasteiger charge is 2.38. The Bertz CT molecular complexity index is 631. The molecular weight excluding hydrogens is 278 g/mol. The maximum absolute atomic E-state index is 5.94. The molecule has 4 rings (SSSR count). The van der Waals surface area contributed by atoms with E-state index in [1.165, 1.54) is 19.4 Å². The summed E-state index contributed by atoms with van der Waals surface area (Å²) in [5.41, 5.74) is 0. The highest BCUT2D eigenvalue weighted by Crippen LogP contribution is 2.34. The molecule has 5 heteroatoms. The Hall–Kier alpha value is -2.14. The highest BCUT2D eigenvalue weighted by atomic mass is 16.5. The van der Waals surface area contributed by atoms with Crippen molar-refractivity contribution in [1.82, 2.24) is 14.9 Å². The summed E-state index contributed by atoms with van der Waals surface area (Å²) in [6.45, 7) is 3.11. The lowest BCUT2D eigenvalue weighted by molar-refractivity contribution is 0.279. The lowest BCUT2D eigenvalue weighted by Gasteiger charge is -2.11. The fraction of sp³-hybridized carbons (Fsp3) is 0.412. The number of para-hydroxylation sites is 2. The van der Waals surface area contributed by atoms with Crippen LogP contribution in [0.1, 0.15) is 12.8 Å². The molecule has 1 aromatic heterocycles. The van der Waals surface area contributed by atoms with Gasteiger partial charge in [0.1, 0.15) is 6.61 Å². The first-order valence-electron chi connectivity index (χ1n) is 7.79. The predicted molar refractivity (Wildman–Crippen MR) is 82.1 cm³/mol. The Labute approximate surface area is 129 Å². The predicted octanol–water partition coefficient (Wildman–Crippen LogP) is 2.74. The first kappa shape index (κ1) is 13.5. The molecule has 0 spiro atoms. The zero-order valence-corrected chi connectivity index (χ0v) is 12.4. The van der Waals surface area contributed by atoms with Gasteiger partial charge in [-0.25, -0.2) is 9.97 Å². The second-order valence-electron chi connectivity index (χ2n) is 5.94. The Morgan fingerprint density at radius 1 is 1.05 bits per heavy atom. The molecule has 5 nitrogen and oxygen atoms in total. The molecule has 22 heavy (non-hydrogen) atoms. The standard InChI is InChI=1S/C17H19N3O2/c1-2-5-16(22-17-18-8-3-9-19-17)15(4-1)21-12-14-11-20(14)10-13-6-7-13/h1-5,8-9,13-14H,6-7,10-12H2. The summed E-state index contributed by atoms with van der Waals surface area (Å²) < 4.78 is 11.6. The SMILES string of the molecule is c1cnc(Oc2ccccc2OCC2CN2CC2CC2)nc1. The smallest absolute Gasteiger partial charge is 0.321 e. The number of aromatic nitrogens is 2. The Kier molecular flexibility index (Phi) is 3.64. The van der Waals surface area contributed by atoms with Crippen LogP contribution in [0.4, 0.5) is 0 Å². The molecule has 2 atom stereocenters. The molecule has 114 valence electrons. The second kappa shape index (κ2) is 5.93. The average Bonchev–Trinajstić information content (AvgIpc) is 3.47. The van der Waals surface area contributed by atoms with Crippen LogP contribution in [0.5, 0.6) is 17.5 Å². The number of hydrogen-bond acceptors (Lipinski definition) is 5. The number of hydrogen-bond donors (Lipinski definition) is 0. The first-order valence-corrected chi connectivity index (χ1v) is 7.79. The Morgan fingerprint density at radius 2 is 1.82 bits per heavy atom. The van der Waals surface area contributed by atoms with Gasteiger partial charge in [-0.15, -0.1) is 0 Å². The summed E-state index contributed by atoms with van der Waals surface area (Å²) in [6, 6.07) is 10.3. The molecule has 2 aromatic rings. The van der Waals surface area contributed by atoms with Crippen LogP contribution < -0.4 is 9.47 Å². The third-order valence-electron chi connectivity index (χ3n) is 4.04. The maximum atomic E-state index is 5.94. The largest absolute Gasteiger partial charge is 0.488 e. The minimum Gasteiger partial charge on any atom is -0.488 e. The van der Waals surface area contributed by atoms with Crippen molar-refractivity contribution < 1.29 is 9.47 Å². The zero-order valence-electron chi connectivity index (χ0n) is 12.4. The monoisotopic (exact) mass is 297 g/mol. The van der Waals surface area contributed by atoms with Crippen molar-refractivity contribution in [3.63, 3.8) is 0 Å². The van der Waals surface area contributed by atoms with Crippen LogP contribution in [0.3, 0.4) is 0 Å². The van der Waals surface area contributed by atoms with Crippen molar-refractivity contribution in [3.8, 4) is 17.5 Å². The summed E-state index contributed by atoms with van der Waals surface area (Å²) in [7, 11) is 0. The van der Waals surface area contributed by atoms with Gasteiger partial charge in [-0.05, 0) is 37.0 Å². The molecule has 2 unspecified atom stereocenters. The Morgan fingerprint density at radius 3 is 2.59 bits per heavy atom. The second-order valence-corrected chi connectivity index (χ2v) is 5.94. The van der Waals surface area contributed by atoms with Crippen LogP contribution in [-0.2, 0) is 0 Å². The molecule has 2 aliphatic rings. The van der Waals surface area contributed by atoms with E-state index in [9.17, 15) is 0 Å². The van der Waals surface area contributed by atoms with Crippen LogP contribution >= 0.6 is 0 Å². The third kappa shape index (κ3) is 3.36. The van der Waals surface area contributed by atoms with Crippen LogP contribution in [-0.4, -0.2) is 40.6 Å². The highest BCUT2D eigenvalue weighted by molar-refractivity contribution is 5.41. The van der Waals surface area contributed by atoms with Gasteiger partial charge in [0.25, 0.3) is 0 Å². The van der Waals surface area contributed by atoms with Gasteiger partial charge in [0, 0.05) is 25.5 Å². The van der Waals surface area contributed by atoms with Crippen molar-refractivity contribution in [2.45, 2.75) is 18.9 Å². The molecular formula is C17H19N3O2. The third-order valence-corrected chi connectivity index (χ3v) is 4.04. The quantitative estimate of drug-likeness (QED) is 0.735. The van der Waals surface area contributed by atoms with Gasteiger partial charge in [0.05, 0.1) is 6.04 Å². The van der Waals surface area contributed by atoms with Crippen molar-refractivity contribution in [1.29, 1.82) is 0 Å². The number of benzene rings is 1. The van der Waals surface area contributed by atoms with Gasteiger partial charge in [0.2, 0.25) is 0 Å². The van der Waals surface area contributed by atoms with E-state index in [1.807, 2.05) is 24.3 Å². The molecule has 1 saturated carbocycles. The molecule has 2 fully saturated rings. The fourth-order valence-corrected chi connectivity index (χ4v) is 2.51. The van der Waals surface area contributed by atoms with E-state index in [1.54, 1.807) is 18.5 Å². The summed E-state index contributed by atoms with van der Waals surface area (Å²) in [5.74, 6) is 2.34. The molecule has 0 radical (unpaired) electrons. The molecule has 1 aliphatic carbocycles. The average molecular weight is 297 g/mol. The van der Waals surface area contributed by atoms with Crippen molar-refractivity contribution >= 4 is 0 Å². The Balaban J connectivity index is 1.35. The molecule has 1 saturated heterocycles. The molecule has 0 N–H and O–H groups in total. The normalized spacial score (nSPS) is 23.1. The number of ether oxygens (including phenoxy) is 2. The van der Waals surface area contributed by atoms with Gasteiger partial charge < -0.3 is 9.47 Å². The lowest BCUT2D eigenvalue weighted by atomic mass is 10.3. The summed E-state index contributed by atoms with van der Waals surface area (Å²) in [5, 5.41) is 0. The van der Waals surface area contributed by atoms with E-state index >= 15 is 0 Å². The van der Waals surface area contributed by atoms with Gasteiger partial charge in [-0.2, -0.15) is 0 Å². The summed E-state index contributed by atoms with van der Waals surface area (Å²) >= 11 is 0. The van der Waals surface area contributed by atoms with Crippen LogP contribution in [0, 0.1) is 5.92 Å². The van der Waals surface area contributed by atoms with E-state index in [0.717, 1.165) is 18.2 Å². The van der Waals surface area contributed by atoms with E-state index in [2.05, 4.69) is 14.9 Å². The number of nitrogens with zero attached hydrogens (tertiary/aromatic N) is 3. The number of rotatable bonds is 7. The van der Waals surface area contributed by atoms with Crippen LogP contribution in [0.15, 0.2) is 42.7 Å².